The van der Waals surface area contributed by atoms with E-state index in [2.05, 4.69) is 72.7 Å². The summed E-state index contributed by atoms with van der Waals surface area (Å²) in [5.41, 5.74) is 9.30. The quantitative estimate of drug-likeness (QED) is 0.176. The largest absolute Gasteiger partial charge is 0.455 e. The molecule has 0 amide bonds. The minimum Gasteiger partial charge on any atom is -0.455 e. The number of aromatic nitrogens is 3. The fourth-order valence-corrected chi connectivity index (χ4v) is 7.98. The molecule has 52 heavy (non-hydrogen) atoms. The van der Waals surface area contributed by atoms with Crippen LogP contribution in [0.2, 0.25) is 0 Å². The van der Waals surface area contributed by atoms with Crippen molar-refractivity contribution < 1.29 is 4.74 Å². The molecule has 5 nitrogen and oxygen atoms in total. The molecule has 1 aliphatic carbocycles. The van der Waals surface area contributed by atoms with E-state index in [1.807, 2.05) is 84.9 Å². The van der Waals surface area contributed by atoms with Gasteiger partial charge in [0.05, 0.1) is 11.0 Å². The van der Waals surface area contributed by atoms with E-state index in [9.17, 15) is 5.26 Å². The number of benzene rings is 7. The highest BCUT2D eigenvalue weighted by Gasteiger charge is 2.51. The lowest BCUT2D eigenvalue weighted by molar-refractivity contribution is 0.435. The molecule has 0 N–H and O–H groups in total. The Morgan fingerprint density at radius 3 is 1.85 bits per heavy atom. The van der Waals surface area contributed by atoms with E-state index < -0.39 is 5.41 Å². The van der Waals surface area contributed by atoms with Gasteiger partial charge in [-0.15, -0.1) is 6.42 Å². The van der Waals surface area contributed by atoms with Crippen molar-refractivity contribution in [2.75, 3.05) is 0 Å². The first-order valence-electron chi connectivity index (χ1n) is 17.0. The van der Waals surface area contributed by atoms with E-state index in [1.54, 1.807) is 6.07 Å². The SMILES string of the molecule is C#Cc1cc(C#N)c2c(c1)C1(c3ccccc3O2)c2ccccc2-c2cc3ccc(-c4nc(-c5ccccc5)nc(-c5ccccc5)n4)cc3cc21. The summed E-state index contributed by atoms with van der Waals surface area (Å²) >= 11 is 0. The van der Waals surface area contributed by atoms with Gasteiger partial charge in [-0.05, 0) is 69.4 Å². The summed E-state index contributed by atoms with van der Waals surface area (Å²) in [5, 5.41) is 12.5. The van der Waals surface area contributed by atoms with E-state index in [0.717, 1.165) is 60.8 Å². The summed E-state index contributed by atoms with van der Waals surface area (Å²) in [6.45, 7) is 0. The molecule has 2 aliphatic rings. The zero-order valence-corrected chi connectivity index (χ0v) is 27.7. The molecule has 240 valence electrons. The summed E-state index contributed by atoms with van der Waals surface area (Å²) in [5.74, 6) is 5.85. The normalized spacial score (nSPS) is 14.7. The van der Waals surface area contributed by atoms with Gasteiger partial charge in [-0.25, -0.2) is 15.0 Å². The second-order valence-electron chi connectivity index (χ2n) is 13.0. The van der Waals surface area contributed by atoms with Gasteiger partial charge in [0.2, 0.25) is 0 Å². The molecule has 0 fully saturated rings. The molecule has 2 heterocycles. The van der Waals surface area contributed by atoms with Crippen LogP contribution < -0.4 is 4.74 Å². The molecule has 1 spiro atoms. The third-order valence-electron chi connectivity index (χ3n) is 10.2. The number of nitriles is 1. The lowest BCUT2D eigenvalue weighted by atomic mass is 9.65. The van der Waals surface area contributed by atoms with Crippen LogP contribution in [0.5, 0.6) is 11.5 Å². The van der Waals surface area contributed by atoms with Crippen molar-refractivity contribution in [2.45, 2.75) is 5.41 Å². The van der Waals surface area contributed by atoms with Crippen LogP contribution in [0.3, 0.4) is 0 Å². The van der Waals surface area contributed by atoms with Gasteiger partial charge in [0.1, 0.15) is 17.6 Å². The van der Waals surface area contributed by atoms with Gasteiger partial charge < -0.3 is 4.74 Å². The van der Waals surface area contributed by atoms with E-state index in [0.29, 0.717) is 40.1 Å². The van der Waals surface area contributed by atoms with Gasteiger partial charge >= 0.3 is 0 Å². The van der Waals surface area contributed by atoms with E-state index in [1.165, 1.54) is 0 Å². The monoisotopic (exact) mass is 662 g/mol. The predicted octanol–water partition coefficient (Wildman–Crippen LogP) is 10.3. The molecule has 5 heteroatoms. The molecule has 0 bridgehead atoms. The Balaban J connectivity index is 1.25. The first kappa shape index (κ1) is 29.6. The number of para-hydroxylation sites is 1. The average molecular weight is 663 g/mol. The van der Waals surface area contributed by atoms with Gasteiger partial charge in [-0.1, -0.05) is 121 Å². The summed E-state index contributed by atoms with van der Waals surface area (Å²) < 4.78 is 6.56. The molecule has 0 saturated carbocycles. The van der Waals surface area contributed by atoms with E-state index >= 15 is 0 Å². The standard InChI is InChI=1S/C47H26N4O/c1-2-29-23-35(28-48)43-41(24-29)47(39-19-11-12-20-42(39)52-43)38-18-10-9-17-36(38)37-26-32-21-22-33(25-34(32)27-40(37)47)46-50-44(30-13-5-3-6-14-30)49-45(51-46)31-15-7-4-8-16-31/h1,3-27H. The third-order valence-corrected chi connectivity index (χ3v) is 10.2. The molecule has 1 atom stereocenters. The van der Waals surface area contributed by atoms with Gasteiger partial charge in [0.25, 0.3) is 0 Å². The van der Waals surface area contributed by atoms with Crippen molar-refractivity contribution in [3.05, 3.63) is 185 Å². The Bertz CT molecular complexity index is 2790. The van der Waals surface area contributed by atoms with Gasteiger partial charge in [0, 0.05) is 33.4 Å². The van der Waals surface area contributed by atoms with Crippen LogP contribution in [0.1, 0.15) is 33.4 Å². The van der Waals surface area contributed by atoms with Crippen LogP contribution >= 0.6 is 0 Å². The average Bonchev–Trinajstić information content (AvgIpc) is 3.49. The maximum absolute atomic E-state index is 10.3. The number of nitrogens with zero attached hydrogens (tertiary/aromatic N) is 4. The second-order valence-corrected chi connectivity index (χ2v) is 13.0. The van der Waals surface area contributed by atoms with E-state index in [4.69, 9.17) is 26.1 Å². The molecular weight excluding hydrogens is 637 g/mol. The van der Waals surface area contributed by atoms with Gasteiger partial charge in [-0.2, -0.15) is 5.26 Å². The first-order chi connectivity index (χ1) is 25.6. The number of hydrogen-bond donors (Lipinski definition) is 0. The first-order valence-corrected chi connectivity index (χ1v) is 17.0. The molecule has 10 rings (SSSR count). The predicted molar refractivity (Wildman–Crippen MR) is 204 cm³/mol. The number of terminal acetylenes is 1. The molecule has 8 aromatic rings. The molecule has 0 saturated heterocycles. The molecule has 0 radical (unpaired) electrons. The maximum Gasteiger partial charge on any atom is 0.164 e. The smallest absolute Gasteiger partial charge is 0.164 e. The van der Waals surface area contributed by atoms with Crippen molar-refractivity contribution in [3.8, 4) is 75.2 Å². The van der Waals surface area contributed by atoms with Crippen molar-refractivity contribution in [2.24, 2.45) is 0 Å². The zero-order chi connectivity index (χ0) is 34.8. The number of fused-ring (bicyclic) bond motifs is 10. The Morgan fingerprint density at radius 1 is 0.519 bits per heavy atom. The minimum atomic E-state index is -0.785. The Labute approximate surface area is 300 Å². The fourth-order valence-electron chi connectivity index (χ4n) is 7.98. The number of ether oxygens (including phenoxy) is 1. The highest BCUT2D eigenvalue weighted by Crippen LogP contribution is 2.63. The summed E-state index contributed by atoms with van der Waals surface area (Å²) in [4.78, 5) is 14.9. The highest BCUT2D eigenvalue weighted by atomic mass is 16.5. The lowest BCUT2D eigenvalue weighted by Crippen LogP contribution is -2.32. The molecule has 7 aromatic carbocycles. The Morgan fingerprint density at radius 2 is 1.15 bits per heavy atom. The van der Waals surface area contributed by atoms with Gasteiger partial charge in [-0.3, -0.25) is 0 Å². The van der Waals surface area contributed by atoms with Crippen LogP contribution in [0.25, 0.3) is 56.1 Å². The Kier molecular flexibility index (Phi) is 6.45. The van der Waals surface area contributed by atoms with Crippen molar-refractivity contribution in [3.63, 3.8) is 0 Å². The summed E-state index contributed by atoms with van der Waals surface area (Å²) in [6, 6.07) is 53.7. The van der Waals surface area contributed by atoms with E-state index in [-0.39, 0.29) is 0 Å². The van der Waals surface area contributed by atoms with Crippen LogP contribution in [-0.2, 0) is 5.41 Å². The molecule has 1 aromatic heterocycles. The minimum absolute atomic E-state index is 0.409. The van der Waals surface area contributed by atoms with Crippen LogP contribution in [-0.4, -0.2) is 15.0 Å². The summed E-state index contributed by atoms with van der Waals surface area (Å²) in [7, 11) is 0. The second kappa shape index (κ2) is 11.4. The maximum atomic E-state index is 10.3. The third kappa shape index (κ3) is 4.27. The highest BCUT2D eigenvalue weighted by molar-refractivity contribution is 5.98. The van der Waals surface area contributed by atoms with Crippen LogP contribution in [0.15, 0.2) is 152 Å². The number of hydrogen-bond acceptors (Lipinski definition) is 5. The Hall–Kier alpha value is -7.34. The lowest BCUT2D eigenvalue weighted by Gasteiger charge is -2.39. The van der Waals surface area contributed by atoms with Crippen molar-refractivity contribution >= 4 is 10.8 Å². The number of rotatable bonds is 3. The van der Waals surface area contributed by atoms with Crippen LogP contribution in [0.4, 0.5) is 0 Å². The molecule has 1 unspecified atom stereocenters. The topological polar surface area (TPSA) is 71.7 Å². The fraction of sp³-hybridized carbons (Fsp3) is 0.0213. The zero-order valence-electron chi connectivity index (χ0n) is 27.7. The van der Waals surface area contributed by atoms with Crippen molar-refractivity contribution in [1.29, 1.82) is 5.26 Å². The summed E-state index contributed by atoms with van der Waals surface area (Å²) in [6.07, 6.45) is 6.00. The van der Waals surface area contributed by atoms with Crippen molar-refractivity contribution in [1.82, 2.24) is 15.0 Å². The van der Waals surface area contributed by atoms with Gasteiger partial charge in [0.15, 0.2) is 17.5 Å². The molecule has 1 aliphatic heterocycles. The molecular formula is C47H26N4O. The van der Waals surface area contributed by atoms with Crippen LogP contribution in [0, 0.1) is 23.7 Å².